The summed E-state index contributed by atoms with van der Waals surface area (Å²) >= 11 is 0. The van der Waals surface area contributed by atoms with Gasteiger partial charge in [-0.15, -0.1) is 0 Å². The van der Waals surface area contributed by atoms with Gasteiger partial charge >= 0.3 is 23.9 Å². The van der Waals surface area contributed by atoms with E-state index in [4.69, 9.17) is 20.4 Å². The summed E-state index contributed by atoms with van der Waals surface area (Å²) in [7, 11) is 0. The lowest BCUT2D eigenvalue weighted by molar-refractivity contribution is -0.138. The average Bonchev–Trinajstić information content (AvgIpc) is 0.976. The Balaban J connectivity index is -0.000000601. The van der Waals surface area contributed by atoms with Gasteiger partial charge in [-0.2, -0.15) is 0 Å². The summed E-state index contributed by atoms with van der Waals surface area (Å²) < 4.78 is 0. The molecule has 4 atom stereocenters. The van der Waals surface area contributed by atoms with Crippen molar-refractivity contribution in [3.63, 3.8) is 0 Å². The maximum absolute atomic E-state index is 10.4. The van der Waals surface area contributed by atoms with E-state index in [1.165, 1.54) is 0 Å². The largest absolute Gasteiger partial charge is 0.481 e. The zero-order valence-electron chi connectivity index (χ0n) is 63.4. The Labute approximate surface area is 598 Å². The van der Waals surface area contributed by atoms with E-state index in [0.717, 1.165) is 193 Å². The predicted molar refractivity (Wildman–Crippen MR) is 417 cm³/mol. The van der Waals surface area contributed by atoms with Crippen molar-refractivity contribution in [2.24, 2.45) is 10.8 Å². The van der Waals surface area contributed by atoms with Gasteiger partial charge in [-0.25, -0.2) is 0 Å². The van der Waals surface area contributed by atoms with Crippen molar-refractivity contribution in [2.75, 3.05) is 0 Å². The first-order valence-corrected chi connectivity index (χ1v) is 37.6. The maximum Gasteiger partial charge on any atom is 0.303 e. The highest BCUT2D eigenvalue weighted by Gasteiger charge is 2.26. The van der Waals surface area contributed by atoms with Crippen LogP contribution in [-0.4, -0.2) is 88.1 Å². The Morgan fingerprint density at radius 3 is 0.816 bits per heavy atom. The number of unbranched alkanes of at least 4 members (excludes halogenated alkanes) is 14. The molecule has 8 N–H and O–H groups in total. The molecular weight excluding hydrogens is 1220 g/mol. The first-order chi connectivity index (χ1) is 46.8. The van der Waals surface area contributed by atoms with Crippen LogP contribution in [0.5, 0.6) is 0 Å². The molecule has 0 aliphatic carbocycles. The second kappa shape index (κ2) is 70.9. The molecule has 0 aromatic carbocycles. The highest BCUT2D eigenvalue weighted by atomic mass is 16.4. The lowest BCUT2D eigenvalue weighted by Crippen LogP contribution is -2.27. The molecule has 0 fully saturated rings. The Kier molecular flexibility index (Phi) is 71.3. The Morgan fingerprint density at radius 1 is 0.286 bits per heavy atom. The molecule has 98 heavy (non-hydrogen) atoms. The van der Waals surface area contributed by atoms with E-state index >= 15 is 0 Å². The topological polar surface area (TPSA) is 230 Å². The number of allylic oxidation sites excluding steroid dienone is 24. The van der Waals surface area contributed by atoms with Crippen LogP contribution < -0.4 is 0 Å². The van der Waals surface area contributed by atoms with Gasteiger partial charge in [0, 0.05) is 25.7 Å². The highest BCUT2D eigenvalue weighted by Crippen LogP contribution is 2.30. The maximum atomic E-state index is 10.4. The minimum atomic E-state index is -0.730. The molecule has 0 aliphatic heterocycles. The fourth-order valence-corrected chi connectivity index (χ4v) is 9.34. The number of carbonyl (C=O) groups is 4. The van der Waals surface area contributed by atoms with Gasteiger partial charge in [0.15, 0.2) is 0 Å². The fourth-order valence-electron chi connectivity index (χ4n) is 9.34. The number of hydrogen-bond acceptors (Lipinski definition) is 8. The van der Waals surface area contributed by atoms with E-state index in [0.29, 0.717) is 25.7 Å². The number of aliphatic hydroxyl groups is 4. The number of rotatable bonds is 58. The molecule has 0 bridgehead atoms. The number of hydrogen-bond donors (Lipinski definition) is 8. The van der Waals surface area contributed by atoms with Crippen LogP contribution in [-0.2, 0) is 19.2 Å². The minimum absolute atomic E-state index is 0.0584. The molecule has 0 amide bonds. The molecule has 0 spiro atoms. The molecular formula is C86H144O12. The molecule has 4 unspecified atom stereocenters. The second-order valence-electron chi connectivity index (χ2n) is 27.5. The van der Waals surface area contributed by atoms with Gasteiger partial charge in [0.2, 0.25) is 0 Å². The molecule has 0 heterocycles. The SMILES string of the molecule is CCCCC(C)(C)C(O)/C=C/C=C\C/C=C\C/C=C\CCCC(=O)O.CCCCC(C)(C)C(O)/C=C/C=C\CCCC/C=C\CCCC(=O)O.CCCCC(C)(O)C/C=C/C=C\C/C=C\C/C=C\CCCC(=O)O.CCCCC(C)(O)C/C=C/C=C\CCCC/C=C\CCCC(=O)O. The first kappa shape index (κ1) is 98.5. The van der Waals surface area contributed by atoms with E-state index in [2.05, 4.69) is 147 Å². The summed E-state index contributed by atoms with van der Waals surface area (Å²) in [5, 5.41) is 74.8. The lowest BCUT2D eigenvalue weighted by Gasteiger charge is -2.28. The van der Waals surface area contributed by atoms with Crippen molar-refractivity contribution < 1.29 is 60.0 Å². The van der Waals surface area contributed by atoms with Crippen molar-refractivity contribution in [2.45, 2.75) is 337 Å². The van der Waals surface area contributed by atoms with E-state index in [9.17, 15) is 39.6 Å². The number of aliphatic hydroxyl groups excluding tert-OH is 2. The van der Waals surface area contributed by atoms with Crippen molar-refractivity contribution in [1.29, 1.82) is 0 Å². The second-order valence-corrected chi connectivity index (χ2v) is 27.5. The number of carboxylic acids is 4. The third-order valence-electron chi connectivity index (χ3n) is 16.2. The Hall–Kier alpha value is -5.92. The van der Waals surface area contributed by atoms with Gasteiger partial charge < -0.3 is 40.9 Å². The van der Waals surface area contributed by atoms with E-state index in [1.54, 1.807) is 0 Å². The van der Waals surface area contributed by atoms with Gasteiger partial charge in [0.25, 0.3) is 0 Å². The predicted octanol–water partition coefficient (Wildman–Crippen LogP) is 23.3. The van der Waals surface area contributed by atoms with Crippen LogP contribution in [0, 0.1) is 10.8 Å². The van der Waals surface area contributed by atoms with Crippen molar-refractivity contribution in [3.8, 4) is 0 Å². The van der Waals surface area contributed by atoms with Crippen LogP contribution in [0.1, 0.15) is 313 Å². The molecule has 560 valence electrons. The number of carboxylic acid groups (broad SMARTS) is 4. The van der Waals surface area contributed by atoms with Gasteiger partial charge in [0.1, 0.15) is 0 Å². The fraction of sp³-hybridized carbons (Fsp3) is 0.628. The lowest BCUT2D eigenvalue weighted by atomic mass is 9.81. The van der Waals surface area contributed by atoms with Crippen LogP contribution in [0.2, 0.25) is 0 Å². The van der Waals surface area contributed by atoms with Crippen LogP contribution in [0.25, 0.3) is 0 Å². The minimum Gasteiger partial charge on any atom is -0.481 e. The molecule has 0 aromatic heterocycles. The normalized spacial score (nSPS) is 14.6. The van der Waals surface area contributed by atoms with Crippen molar-refractivity contribution in [3.05, 3.63) is 170 Å². The summed E-state index contributed by atoms with van der Waals surface area (Å²) in [5.41, 5.74) is -1.29. The zero-order chi connectivity index (χ0) is 74.1. The monoisotopic (exact) mass is 1370 g/mol. The standard InChI is InChI=1S/C22H38O3.C22H36O3.C21H36O3.C21H34O3/c2*1-4-5-19-22(2,3)20(23)17-15-13-11-9-7-6-8-10-12-14-16-18-21(24)25;2*1-3-4-18-21(2,24)19-16-14-12-10-8-6-5-7-9-11-13-15-17-20(22)23/h10-13,15,17,20,23H,4-9,14,16,18-19H2,1-3H3,(H,24,25);6-7,10-13,15,17,20,23H,4-5,8-9,14,16,18-19H2,1-3H3,(H,24,25);9-12,14,16,24H,3-8,13,15,17-19H2,1-2H3,(H,22,23);5-6,9-12,14,16,24H,3-4,7-8,13,15,17-19H2,1-2H3,(H,22,23)/b12-10-,13-11-,17-15+;7-6-,12-10-,13-11-,17-15+;11-9-,12-10-,16-14+;6-5-,11-9-,12-10-,16-14+. The average molecular weight is 1370 g/mol. The molecule has 0 rings (SSSR count). The van der Waals surface area contributed by atoms with E-state index < -0.39 is 47.3 Å². The summed E-state index contributed by atoms with van der Waals surface area (Å²) in [6.07, 6.45) is 90.4. The summed E-state index contributed by atoms with van der Waals surface area (Å²) in [6, 6.07) is 0. The quantitative estimate of drug-likeness (QED) is 0.0162. The number of aliphatic carboxylic acids is 4. The van der Waals surface area contributed by atoms with Gasteiger partial charge in [-0.1, -0.05) is 277 Å². The Bertz CT molecular complexity index is 2340. The molecule has 0 aliphatic rings. The Morgan fingerprint density at radius 2 is 0.510 bits per heavy atom. The van der Waals surface area contributed by atoms with E-state index in [1.807, 2.05) is 92.8 Å². The first-order valence-electron chi connectivity index (χ1n) is 37.6. The van der Waals surface area contributed by atoms with Crippen LogP contribution in [0.3, 0.4) is 0 Å². The summed E-state index contributed by atoms with van der Waals surface area (Å²) in [4.78, 5) is 41.4. The van der Waals surface area contributed by atoms with Gasteiger partial charge in [-0.05, 0) is 192 Å². The summed E-state index contributed by atoms with van der Waals surface area (Å²) in [5.74, 6) is -2.89. The smallest absolute Gasteiger partial charge is 0.303 e. The van der Waals surface area contributed by atoms with Crippen LogP contribution in [0.4, 0.5) is 0 Å². The van der Waals surface area contributed by atoms with Crippen molar-refractivity contribution >= 4 is 23.9 Å². The third-order valence-corrected chi connectivity index (χ3v) is 16.2. The molecule has 0 radical (unpaired) electrons. The molecule has 0 aromatic rings. The van der Waals surface area contributed by atoms with Gasteiger partial charge in [-0.3, -0.25) is 19.2 Å². The molecule has 0 saturated carbocycles. The van der Waals surface area contributed by atoms with Crippen LogP contribution >= 0.6 is 0 Å². The zero-order valence-corrected chi connectivity index (χ0v) is 63.4. The molecule has 12 heteroatoms. The van der Waals surface area contributed by atoms with Crippen molar-refractivity contribution in [1.82, 2.24) is 0 Å². The molecule has 0 saturated heterocycles. The van der Waals surface area contributed by atoms with Gasteiger partial charge in [0.05, 0.1) is 23.4 Å². The van der Waals surface area contributed by atoms with E-state index in [-0.39, 0.29) is 36.5 Å². The third kappa shape index (κ3) is 80.8. The molecule has 12 nitrogen and oxygen atoms in total. The highest BCUT2D eigenvalue weighted by molar-refractivity contribution is 5.67. The van der Waals surface area contributed by atoms with Crippen LogP contribution in [0.15, 0.2) is 170 Å². The summed E-state index contributed by atoms with van der Waals surface area (Å²) in [6.45, 7) is 20.9.